The van der Waals surface area contributed by atoms with Crippen molar-refractivity contribution < 1.29 is 19.4 Å². The van der Waals surface area contributed by atoms with Gasteiger partial charge in [-0.05, 0) is 48.4 Å². The minimum atomic E-state index is -0.311. The fraction of sp³-hybridized carbons (Fsp3) is 0.385. The molecule has 0 saturated carbocycles. The Morgan fingerprint density at radius 3 is 2.37 bits per heavy atom. The van der Waals surface area contributed by atoms with E-state index in [4.69, 9.17) is 4.98 Å². The largest absolute Gasteiger partial charge is 0.395 e. The van der Waals surface area contributed by atoms with Gasteiger partial charge < -0.3 is 25.0 Å². The van der Waals surface area contributed by atoms with Gasteiger partial charge in [-0.2, -0.15) is 0 Å². The highest BCUT2D eigenvalue weighted by atomic mass is 19.1. The van der Waals surface area contributed by atoms with Crippen LogP contribution in [0, 0.1) is 5.82 Å². The summed E-state index contributed by atoms with van der Waals surface area (Å²) in [5, 5.41) is 22.0. The molecule has 35 heavy (non-hydrogen) atoms. The molecule has 3 N–H and O–H groups in total. The summed E-state index contributed by atoms with van der Waals surface area (Å²) in [6.07, 6.45) is 0.959. The van der Waals surface area contributed by atoms with Crippen LogP contribution in [0.2, 0.25) is 0 Å². The maximum absolute atomic E-state index is 13.6. The summed E-state index contributed by atoms with van der Waals surface area (Å²) in [6, 6.07) is 14.5. The summed E-state index contributed by atoms with van der Waals surface area (Å²) >= 11 is 0. The van der Waals surface area contributed by atoms with Gasteiger partial charge >= 0.3 is 0 Å². The van der Waals surface area contributed by atoms with E-state index in [9.17, 15) is 19.4 Å². The lowest BCUT2D eigenvalue weighted by Crippen LogP contribution is -2.45. The Kier molecular flexibility index (Phi) is 8.12. The summed E-state index contributed by atoms with van der Waals surface area (Å²) in [5.74, 6) is 1.17. The third-order valence-corrected chi connectivity index (χ3v) is 6.26. The number of nitrogens with one attached hydrogen (secondary N) is 1. The first-order chi connectivity index (χ1) is 17.0. The summed E-state index contributed by atoms with van der Waals surface area (Å²) in [4.78, 5) is 21.3. The van der Waals surface area contributed by atoms with Gasteiger partial charge in [0.05, 0.1) is 26.3 Å². The summed E-state index contributed by atoms with van der Waals surface area (Å²) in [7, 11) is 0. The fourth-order valence-electron chi connectivity index (χ4n) is 4.28. The minimum absolute atomic E-state index is 0.0749. The maximum atomic E-state index is 13.6. The zero-order valence-corrected chi connectivity index (χ0v) is 20.0. The Bertz CT molecular complexity index is 1130. The summed E-state index contributed by atoms with van der Waals surface area (Å²) in [6.45, 7) is 4.16. The molecule has 0 aliphatic carbocycles. The van der Waals surface area contributed by atoms with Crippen LogP contribution in [0.4, 0.5) is 15.9 Å². The second kappa shape index (κ2) is 11.4. The number of aliphatic hydroxyl groups is 2. The van der Waals surface area contributed by atoms with Crippen molar-refractivity contribution in [1.82, 2.24) is 19.4 Å². The Labute approximate surface area is 204 Å². The Balaban J connectivity index is 1.61. The fourth-order valence-corrected chi connectivity index (χ4v) is 4.28. The molecule has 1 aromatic heterocycles. The third-order valence-electron chi connectivity index (χ3n) is 6.26. The zero-order chi connectivity index (χ0) is 24.8. The monoisotopic (exact) mass is 481 g/mol. The van der Waals surface area contributed by atoms with Crippen molar-refractivity contribution >= 4 is 17.4 Å². The molecular weight excluding hydrogens is 449 g/mol. The third kappa shape index (κ3) is 5.87. The highest BCUT2D eigenvalue weighted by molar-refractivity contribution is 5.79. The van der Waals surface area contributed by atoms with Crippen molar-refractivity contribution in [3.05, 3.63) is 65.7 Å². The second-order valence-electron chi connectivity index (χ2n) is 8.60. The van der Waals surface area contributed by atoms with E-state index < -0.39 is 0 Å². The molecule has 1 amide bonds. The second-order valence-corrected chi connectivity index (χ2v) is 8.60. The van der Waals surface area contributed by atoms with Crippen LogP contribution < -0.4 is 5.32 Å². The van der Waals surface area contributed by atoms with E-state index in [1.54, 1.807) is 21.9 Å². The zero-order valence-electron chi connectivity index (χ0n) is 20.0. The van der Waals surface area contributed by atoms with Gasteiger partial charge in [-0.25, -0.2) is 9.37 Å². The van der Waals surface area contributed by atoms with Crippen LogP contribution in [0.5, 0.6) is 0 Å². The number of hydrogen-bond acceptors (Lipinski definition) is 6. The Morgan fingerprint density at radius 2 is 1.74 bits per heavy atom. The predicted octanol–water partition coefficient (Wildman–Crippen LogP) is 2.62. The van der Waals surface area contributed by atoms with Gasteiger partial charge in [-0.15, -0.1) is 0 Å². The predicted molar refractivity (Wildman–Crippen MR) is 133 cm³/mol. The van der Waals surface area contributed by atoms with E-state index in [0.717, 1.165) is 29.3 Å². The lowest BCUT2D eigenvalue weighted by Gasteiger charge is -2.30. The maximum Gasteiger partial charge on any atom is 0.237 e. The molecule has 2 aromatic carbocycles. The first-order valence-electron chi connectivity index (χ1n) is 12.0. The number of amides is 1. The molecule has 1 aliphatic rings. The van der Waals surface area contributed by atoms with E-state index in [1.165, 1.54) is 17.7 Å². The van der Waals surface area contributed by atoms with Crippen molar-refractivity contribution in [3.8, 4) is 11.3 Å². The molecule has 2 heterocycles. The van der Waals surface area contributed by atoms with E-state index >= 15 is 0 Å². The summed E-state index contributed by atoms with van der Waals surface area (Å²) in [5.41, 5.74) is 3.66. The van der Waals surface area contributed by atoms with Crippen LogP contribution in [-0.2, 0) is 24.3 Å². The lowest BCUT2D eigenvalue weighted by molar-refractivity contribution is -0.134. The van der Waals surface area contributed by atoms with Crippen LogP contribution >= 0.6 is 0 Å². The number of anilines is 2. The number of nitrogens with zero attached hydrogens (tertiary/aromatic N) is 4. The normalized spacial score (nSPS) is 13.2. The average molecular weight is 482 g/mol. The lowest BCUT2D eigenvalue weighted by atomic mass is 10.1. The van der Waals surface area contributed by atoms with Crippen LogP contribution in [-0.4, -0.2) is 74.9 Å². The van der Waals surface area contributed by atoms with Gasteiger partial charge in [-0.1, -0.05) is 19.1 Å². The number of aryl methyl sites for hydroxylation is 1. The molecule has 0 spiro atoms. The molecule has 186 valence electrons. The Hall–Kier alpha value is -3.27. The first kappa shape index (κ1) is 24.8. The molecule has 1 aliphatic heterocycles. The first-order valence-corrected chi connectivity index (χ1v) is 12.0. The van der Waals surface area contributed by atoms with Gasteiger partial charge in [0.2, 0.25) is 5.91 Å². The van der Waals surface area contributed by atoms with Crippen molar-refractivity contribution in [2.75, 3.05) is 44.7 Å². The number of hydrogen-bond donors (Lipinski definition) is 3. The topological polar surface area (TPSA) is 93.9 Å². The van der Waals surface area contributed by atoms with Crippen molar-refractivity contribution in [2.45, 2.75) is 26.4 Å². The molecular formula is C26H32FN5O3. The van der Waals surface area contributed by atoms with E-state index in [-0.39, 0.29) is 31.5 Å². The molecule has 0 atom stereocenters. The van der Waals surface area contributed by atoms with Gasteiger partial charge in [-0.3, -0.25) is 9.69 Å². The molecule has 0 bridgehead atoms. The molecule has 0 unspecified atom stereocenters. The highest BCUT2D eigenvalue weighted by Gasteiger charge is 2.27. The molecule has 0 fully saturated rings. The highest BCUT2D eigenvalue weighted by Crippen LogP contribution is 2.33. The summed E-state index contributed by atoms with van der Waals surface area (Å²) < 4.78 is 15.7. The van der Waals surface area contributed by atoms with Gasteiger partial charge in [0, 0.05) is 37.4 Å². The van der Waals surface area contributed by atoms with Gasteiger partial charge in [0.25, 0.3) is 0 Å². The van der Waals surface area contributed by atoms with Gasteiger partial charge in [0.1, 0.15) is 23.2 Å². The molecule has 0 radical (unpaired) electrons. The van der Waals surface area contributed by atoms with Crippen LogP contribution in [0.3, 0.4) is 0 Å². The molecule has 4 rings (SSSR count). The number of imidazole rings is 1. The number of carbonyl (C=O) groups is 1. The Morgan fingerprint density at radius 1 is 1.06 bits per heavy atom. The number of rotatable bonds is 10. The SMILES string of the molecule is CCc1ccc(Nc2c(-c3ccc(F)cc3)nc3n2CCN(C(=O)CN(CCO)CCO)C3)cc1. The van der Waals surface area contributed by atoms with Crippen molar-refractivity contribution in [1.29, 1.82) is 0 Å². The number of aliphatic hydroxyl groups excluding tert-OH is 2. The van der Waals surface area contributed by atoms with E-state index in [1.807, 2.05) is 12.1 Å². The number of halogens is 1. The van der Waals surface area contributed by atoms with E-state index in [0.29, 0.717) is 38.4 Å². The van der Waals surface area contributed by atoms with Gasteiger partial charge in [0.15, 0.2) is 0 Å². The van der Waals surface area contributed by atoms with E-state index in [2.05, 4.69) is 28.9 Å². The standard InChI is InChI=1S/C26H32FN5O3/c1-2-19-3-9-22(10-4-19)28-26-25(20-5-7-21(27)8-6-20)29-23-17-31(11-12-32(23)26)24(35)18-30(13-15-33)14-16-34/h3-10,28,33-34H,2,11-18H2,1H3. The molecule has 9 heteroatoms. The van der Waals surface area contributed by atoms with Crippen LogP contribution in [0.25, 0.3) is 11.3 Å². The number of aromatic nitrogens is 2. The minimum Gasteiger partial charge on any atom is -0.395 e. The molecule has 3 aromatic rings. The number of carbonyl (C=O) groups excluding carboxylic acids is 1. The average Bonchev–Trinajstić information content (AvgIpc) is 3.22. The molecule has 8 nitrogen and oxygen atoms in total. The van der Waals surface area contributed by atoms with Crippen molar-refractivity contribution in [3.63, 3.8) is 0 Å². The smallest absolute Gasteiger partial charge is 0.237 e. The van der Waals surface area contributed by atoms with Crippen molar-refractivity contribution in [2.24, 2.45) is 0 Å². The van der Waals surface area contributed by atoms with Crippen LogP contribution in [0.15, 0.2) is 48.5 Å². The number of benzene rings is 2. The number of fused-ring (bicyclic) bond motifs is 1. The molecule has 0 saturated heterocycles. The van der Waals surface area contributed by atoms with Crippen LogP contribution in [0.1, 0.15) is 18.3 Å². The quantitative estimate of drug-likeness (QED) is 0.412.